The predicted molar refractivity (Wildman–Crippen MR) is 108 cm³/mol. The van der Waals surface area contributed by atoms with Crippen LogP contribution in [0.15, 0.2) is 48.5 Å². The number of nitrogens with zero attached hydrogens (tertiary/aromatic N) is 1. The molecule has 2 aromatic rings. The zero-order valence-corrected chi connectivity index (χ0v) is 16.5. The number of rotatable bonds is 5. The van der Waals surface area contributed by atoms with Crippen LogP contribution in [0, 0.1) is 0 Å². The summed E-state index contributed by atoms with van der Waals surface area (Å²) < 4.78 is 5.15. The summed E-state index contributed by atoms with van der Waals surface area (Å²) in [7, 11) is 1.53. The van der Waals surface area contributed by atoms with Gasteiger partial charge in [0.2, 0.25) is 11.8 Å². The zero-order valence-electron chi connectivity index (χ0n) is 16.5. The number of hydrogen-bond donors (Lipinski definition) is 3. The fourth-order valence-electron chi connectivity index (χ4n) is 4.00. The fourth-order valence-corrected chi connectivity index (χ4v) is 4.00. The van der Waals surface area contributed by atoms with Crippen LogP contribution in [0.25, 0.3) is 0 Å². The number of carbonyl (C=O) groups is 3. The van der Waals surface area contributed by atoms with Gasteiger partial charge in [-0.05, 0) is 42.3 Å². The van der Waals surface area contributed by atoms with Crippen molar-refractivity contribution in [1.29, 1.82) is 0 Å². The number of phenols is 1. The molecule has 30 heavy (non-hydrogen) atoms. The lowest BCUT2D eigenvalue weighted by molar-refractivity contribution is -0.147. The third-order valence-electron chi connectivity index (χ3n) is 5.54. The van der Waals surface area contributed by atoms with Gasteiger partial charge in [0.15, 0.2) is 0 Å². The summed E-state index contributed by atoms with van der Waals surface area (Å²) in [6.07, 6.45) is 0.716. The van der Waals surface area contributed by atoms with Gasteiger partial charge in [-0.3, -0.25) is 14.4 Å². The molecular weight excluding hydrogens is 386 g/mol. The molecule has 2 saturated heterocycles. The number of hydrogen-bond acceptors (Lipinski definition) is 5. The van der Waals surface area contributed by atoms with E-state index >= 15 is 0 Å². The number of methoxy groups -OCH3 is 1. The van der Waals surface area contributed by atoms with Crippen molar-refractivity contribution in [2.75, 3.05) is 13.7 Å². The van der Waals surface area contributed by atoms with Gasteiger partial charge < -0.3 is 25.4 Å². The Hall–Kier alpha value is -3.55. The van der Waals surface area contributed by atoms with Gasteiger partial charge in [-0.2, -0.15) is 0 Å². The van der Waals surface area contributed by atoms with E-state index in [0.29, 0.717) is 30.7 Å². The highest BCUT2D eigenvalue weighted by molar-refractivity contribution is 5.98. The van der Waals surface area contributed by atoms with Crippen LogP contribution in [0.2, 0.25) is 0 Å². The molecule has 156 valence electrons. The first-order valence-electron chi connectivity index (χ1n) is 9.78. The molecule has 0 unspecified atom stereocenters. The summed E-state index contributed by atoms with van der Waals surface area (Å²) in [6.45, 7) is 0.290. The van der Waals surface area contributed by atoms with Crippen molar-refractivity contribution in [2.45, 2.75) is 31.0 Å². The van der Waals surface area contributed by atoms with E-state index in [9.17, 15) is 19.5 Å². The fraction of sp³-hybridized carbons (Fsp3) is 0.318. The van der Waals surface area contributed by atoms with Gasteiger partial charge >= 0.3 is 0 Å². The van der Waals surface area contributed by atoms with Crippen LogP contribution in [0.5, 0.6) is 11.5 Å². The third-order valence-corrected chi connectivity index (χ3v) is 5.54. The van der Waals surface area contributed by atoms with Crippen LogP contribution in [0.4, 0.5) is 0 Å². The number of piperazine rings is 1. The highest BCUT2D eigenvalue weighted by atomic mass is 16.5. The minimum atomic E-state index is -0.661. The standard InChI is InChI=1S/C22H23N3O5/c1-30-17-4-2-3-14(10-17)20(27)23-15-11-19-21(28)24-18(22(29)25(19)12-15)9-13-5-7-16(26)8-6-13/h2-8,10,15,18-19,26H,9,11-12H2,1H3,(H,23,27)(H,24,28)/t15-,18-,19-/m0/s1. The van der Waals surface area contributed by atoms with E-state index in [0.717, 1.165) is 5.56 Å². The number of carbonyl (C=O) groups excluding carboxylic acids is 3. The summed E-state index contributed by atoms with van der Waals surface area (Å²) in [5.74, 6) is 0.0830. The number of benzene rings is 2. The molecule has 2 fully saturated rings. The van der Waals surface area contributed by atoms with Crippen molar-refractivity contribution in [3.63, 3.8) is 0 Å². The smallest absolute Gasteiger partial charge is 0.251 e. The van der Waals surface area contributed by atoms with E-state index in [1.165, 1.54) is 7.11 Å². The number of nitrogens with one attached hydrogen (secondary N) is 2. The van der Waals surface area contributed by atoms with E-state index in [1.54, 1.807) is 53.4 Å². The molecule has 0 bridgehead atoms. The van der Waals surface area contributed by atoms with Crippen LogP contribution in [-0.2, 0) is 16.0 Å². The topological polar surface area (TPSA) is 108 Å². The Kier molecular flexibility index (Phi) is 5.31. The number of amides is 3. The Labute approximate surface area is 173 Å². The third kappa shape index (κ3) is 3.94. The molecule has 0 saturated carbocycles. The normalized spacial score (nSPS) is 23.0. The van der Waals surface area contributed by atoms with Crippen molar-refractivity contribution in [3.8, 4) is 11.5 Å². The Bertz CT molecular complexity index is 975. The van der Waals surface area contributed by atoms with Crippen molar-refractivity contribution in [2.24, 2.45) is 0 Å². The molecule has 3 amide bonds. The highest BCUT2D eigenvalue weighted by Gasteiger charge is 2.46. The largest absolute Gasteiger partial charge is 0.508 e. The predicted octanol–water partition coefficient (Wildman–Crippen LogP) is 0.841. The van der Waals surface area contributed by atoms with Gasteiger partial charge in [-0.25, -0.2) is 0 Å². The molecule has 2 heterocycles. The van der Waals surface area contributed by atoms with Gasteiger partial charge in [-0.15, -0.1) is 0 Å². The molecule has 2 aliphatic heterocycles. The quantitative estimate of drug-likeness (QED) is 0.678. The molecule has 2 aromatic carbocycles. The maximum Gasteiger partial charge on any atom is 0.251 e. The van der Waals surface area contributed by atoms with E-state index in [-0.39, 0.29) is 29.5 Å². The lowest BCUT2D eigenvalue weighted by Crippen LogP contribution is -2.61. The lowest BCUT2D eigenvalue weighted by Gasteiger charge is -2.34. The van der Waals surface area contributed by atoms with Crippen molar-refractivity contribution >= 4 is 17.7 Å². The molecule has 0 aliphatic carbocycles. The molecule has 3 N–H and O–H groups in total. The van der Waals surface area contributed by atoms with Crippen LogP contribution >= 0.6 is 0 Å². The minimum Gasteiger partial charge on any atom is -0.508 e. The number of aromatic hydroxyl groups is 1. The van der Waals surface area contributed by atoms with Gasteiger partial charge in [0.25, 0.3) is 5.91 Å². The first-order chi connectivity index (χ1) is 14.4. The Morgan fingerprint density at radius 2 is 2.00 bits per heavy atom. The Morgan fingerprint density at radius 3 is 2.73 bits per heavy atom. The second kappa shape index (κ2) is 8.06. The minimum absolute atomic E-state index is 0.145. The first kappa shape index (κ1) is 19.8. The zero-order chi connectivity index (χ0) is 21.3. The second-order valence-electron chi connectivity index (χ2n) is 7.58. The molecule has 3 atom stereocenters. The average molecular weight is 409 g/mol. The summed E-state index contributed by atoms with van der Waals surface area (Å²) in [6, 6.07) is 11.8. The molecule has 0 radical (unpaired) electrons. The van der Waals surface area contributed by atoms with Crippen LogP contribution < -0.4 is 15.4 Å². The van der Waals surface area contributed by atoms with Gasteiger partial charge in [0, 0.05) is 24.6 Å². The molecule has 8 nitrogen and oxygen atoms in total. The highest BCUT2D eigenvalue weighted by Crippen LogP contribution is 2.25. The van der Waals surface area contributed by atoms with Gasteiger partial charge in [0.1, 0.15) is 23.6 Å². The van der Waals surface area contributed by atoms with Crippen molar-refractivity contribution in [1.82, 2.24) is 15.5 Å². The van der Waals surface area contributed by atoms with Crippen molar-refractivity contribution < 1.29 is 24.2 Å². The van der Waals surface area contributed by atoms with Crippen LogP contribution in [-0.4, -0.2) is 59.5 Å². The lowest BCUT2D eigenvalue weighted by atomic mass is 10.0. The maximum absolute atomic E-state index is 12.9. The van der Waals surface area contributed by atoms with E-state index < -0.39 is 12.1 Å². The SMILES string of the molecule is COc1cccc(C(=O)N[C@H]2C[C@H]3C(=O)N[C@@H](Cc4ccc(O)cc4)C(=O)N3C2)c1. The van der Waals surface area contributed by atoms with E-state index in [4.69, 9.17) is 4.74 Å². The van der Waals surface area contributed by atoms with Gasteiger partial charge in [0.05, 0.1) is 7.11 Å². The summed E-state index contributed by atoms with van der Waals surface area (Å²) in [5, 5.41) is 15.1. The van der Waals surface area contributed by atoms with Crippen LogP contribution in [0.1, 0.15) is 22.3 Å². The summed E-state index contributed by atoms with van der Waals surface area (Å²) in [5.41, 5.74) is 1.30. The molecule has 0 aromatic heterocycles. The molecule has 8 heteroatoms. The second-order valence-corrected chi connectivity index (χ2v) is 7.58. The number of phenolic OH excluding ortho intramolecular Hbond substituents is 1. The summed E-state index contributed by atoms with van der Waals surface area (Å²) in [4.78, 5) is 39.7. The number of fused-ring (bicyclic) bond motifs is 1. The molecular formula is C22H23N3O5. The van der Waals surface area contributed by atoms with Crippen molar-refractivity contribution in [3.05, 3.63) is 59.7 Å². The summed E-state index contributed by atoms with van der Waals surface area (Å²) >= 11 is 0. The average Bonchev–Trinajstić information content (AvgIpc) is 3.18. The Balaban J connectivity index is 1.42. The number of ether oxygens (including phenoxy) is 1. The van der Waals surface area contributed by atoms with E-state index in [1.807, 2.05) is 0 Å². The van der Waals surface area contributed by atoms with Crippen LogP contribution in [0.3, 0.4) is 0 Å². The first-order valence-corrected chi connectivity index (χ1v) is 9.78. The maximum atomic E-state index is 12.9. The Morgan fingerprint density at radius 1 is 1.23 bits per heavy atom. The van der Waals surface area contributed by atoms with E-state index in [2.05, 4.69) is 10.6 Å². The monoisotopic (exact) mass is 409 g/mol. The molecule has 0 spiro atoms. The molecule has 2 aliphatic rings. The molecule has 4 rings (SSSR count). The van der Waals surface area contributed by atoms with Gasteiger partial charge in [-0.1, -0.05) is 18.2 Å².